The molecule has 0 radical (unpaired) electrons. The zero-order valence-corrected chi connectivity index (χ0v) is 17.2. The van der Waals surface area contributed by atoms with Gasteiger partial charge >= 0.3 is 6.18 Å². The summed E-state index contributed by atoms with van der Waals surface area (Å²) in [6.45, 7) is 1.40. The van der Waals surface area contributed by atoms with Crippen LogP contribution in [0.1, 0.15) is 5.56 Å². The van der Waals surface area contributed by atoms with Gasteiger partial charge in [-0.2, -0.15) is 13.2 Å². The van der Waals surface area contributed by atoms with E-state index >= 15 is 0 Å². The number of rotatable bonds is 6. The number of amides is 1. The van der Waals surface area contributed by atoms with Crippen LogP contribution < -0.4 is 15.0 Å². The monoisotopic (exact) mass is 449 g/mol. The maximum absolute atomic E-state index is 12.6. The Morgan fingerprint density at radius 1 is 1.10 bits per heavy atom. The number of nitrogens with zero attached hydrogens (tertiary/aromatic N) is 4. The molecule has 0 unspecified atom stereocenters. The molecule has 1 aliphatic rings. The number of carbonyl (C=O) groups is 1. The molecule has 2 heterocycles. The van der Waals surface area contributed by atoms with Crippen molar-refractivity contribution in [1.29, 1.82) is 0 Å². The van der Waals surface area contributed by atoms with E-state index in [9.17, 15) is 18.0 Å². The van der Waals surface area contributed by atoms with E-state index in [-0.39, 0.29) is 11.7 Å². The Bertz CT molecular complexity index is 1070. The highest BCUT2D eigenvalue weighted by Crippen LogP contribution is 2.33. The maximum Gasteiger partial charge on any atom is 0.416 e. The summed E-state index contributed by atoms with van der Waals surface area (Å²) in [5, 5.41) is 11.6. The van der Waals surface area contributed by atoms with Gasteiger partial charge in [0.05, 0.1) is 18.4 Å². The molecule has 0 bridgehead atoms. The van der Waals surface area contributed by atoms with Crippen LogP contribution in [0.2, 0.25) is 0 Å². The zero-order valence-electron chi connectivity index (χ0n) is 16.4. The predicted molar refractivity (Wildman–Crippen MR) is 111 cm³/mol. The average molecular weight is 449 g/mol. The standard InChI is InChI=1S/C20H18F3N5O2S/c1-30-16-8-6-15(7-9-16)27-10-11-28-18(27)25-26-19(28)31-12-17(29)24-14-4-2-13(3-5-14)20(21,22)23/h2-9H,10-12H2,1H3,(H,24,29). The third kappa shape index (κ3) is 4.61. The number of methoxy groups -OCH3 is 1. The summed E-state index contributed by atoms with van der Waals surface area (Å²) < 4.78 is 45.0. The summed E-state index contributed by atoms with van der Waals surface area (Å²) >= 11 is 1.22. The van der Waals surface area contributed by atoms with Crippen LogP contribution in [0.25, 0.3) is 0 Å². The fraction of sp³-hybridized carbons (Fsp3) is 0.250. The molecule has 1 amide bonds. The highest BCUT2D eigenvalue weighted by atomic mass is 32.2. The minimum Gasteiger partial charge on any atom is -0.497 e. The van der Waals surface area contributed by atoms with Crippen LogP contribution in [0.5, 0.6) is 5.75 Å². The minimum atomic E-state index is -4.41. The van der Waals surface area contributed by atoms with Gasteiger partial charge in [0, 0.05) is 24.5 Å². The number of anilines is 3. The topological polar surface area (TPSA) is 72.3 Å². The van der Waals surface area contributed by atoms with Crippen molar-refractivity contribution in [3.05, 3.63) is 54.1 Å². The second-order valence-electron chi connectivity index (χ2n) is 6.70. The van der Waals surface area contributed by atoms with Gasteiger partial charge < -0.3 is 15.0 Å². The number of hydrogen-bond donors (Lipinski definition) is 1. The molecular weight excluding hydrogens is 431 g/mol. The Hall–Kier alpha value is -3.21. The maximum atomic E-state index is 12.6. The smallest absolute Gasteiger partial charge is 0.416 e. The van der Waals surface area contributed by atoms with Crippen LogP contribution in [-0.4, -0.2) is 40.1 Å². The van der Waals surface area contributed by atoms with Crippen LogP contribution in [0.3, 0.4) is 0 Å². The van der Waals surface area contributed by atoms with Gasteiger partial charge in [0.1, 0.15) is 5.75 Å². The normalized spacial score (nSPS) is 13.2. The molecule has 1 N–H and O–H groups in total. The second-order valence-corrected chi connectivity index (χ2v) is 7.64. The van der Waals surface area contributed by atoms with Crippen LogP contribution in [0.4, 0.5) is 30.5 Å². The second kappa shape index (κ2) is 8.50. The number of aromatic nitrogens is 3. The fourth-order valence-corrected chi connectivity index (χ4v) is 3.92. The van der Waals surface area contributed by atoms with Crippen molar-refractivity contribution in [2.45, 2.75) is 17.9 Å². The number of halogens is 3. The van der Waals surface area contributed by atoms with Gasteiger partial charge in [0.25, 0.3) is 0 Å². The Kier molecular flexibility index (Phi) is 5.77. The van der Waals surface area contributed by atoms with E-state index in [1.54, 1.807) is 7.11 Å². The first kappa shape index (κ1) is 21.0. The molecule has 162 valence electrons. The number of nitrogens with one attached hydrogen (secondary N) is 1. The number of carbonyl (C=O) groups excluding carboxylic acids is 1. The van der Waals surface area contributed by atoms with Crippen LogP contribution in [0.15, 0.2) is 53.7 Å². The van der Waals surface area contributed by atoms with E-state index in [0.29, 0.717) is 23.3 Å². The van der Waals surface area contributed by atoms with E-state index in [1.807, 2.05) is 33.7 Å². The van der Waals surface area contributed by atoms with Crippen molar-refractivity contribution < 1.29 is 22.7 Å². The molecule has 4 rings (SSSR count). The number of alkyl halides is 3. The summed E-state index contributed by atoms with van der Waals surface area (Å²) in [4.78, 5) is 14.2. The third-order valence-electron chi connectivity index (χ3n) is 4.70. The summed E-state index contributed by atoms with van der Waals surface area (Å²) in [6, 6.07) is 11.9. The number of ether oxygens (including phenoxy) is 1. The predicted octanol–water partition coefficient (Wildman–Crippen LogP) is 4.19. The van der Waals surface area contributed by atoms with Crippen molar-refractivity contribution in [2.24, 2.45) is 0 Å². The molecule has 11 heteroatoms. The summed E-state index contributed by atoms with van der Waals surface area (Å²) in [5.41, 5.74) is 0.500. The number of fused-ring (bicyclic) bond motifs is 1. The van der Waals surface area contributed by atoms with E-state index in [4.69, 9.17) is 4.74 Å². The Morgan fingerprint density at radius 2 is 1.81 bits per heavy atom. The molecule has 0 saturated carbocycles. The van der Waals surface area contributed by atoms with Gasteiger partial charge in [-0.3, -0.25) is 9.36 Å². The molecule has 31 heavy (non-hydrogen) atoms. The van der Waals surface area contributed by atoms with Gasteiger partial charge in [-0.05, 0) is 48.5 Å². The Labute approximate surface area is 180 Å². The minimum absolute atomic E-state index is 0.0572. The molecule has 0 spiro atoms. The molecule has 7 nitrogen and oxygen atoms in total. The molecule has 2 aromatic carbocycles. The number of hydrogen-bond acceptors (Lipinski definition) is 6. The molecule has 0 atom stereocenters. The lowest BCUT2D eigenvalue weighted by molar-refractivity contribution is -0.137. The lowest BCUT2D eigenvalue weighted by Crippen LogP contribution is -2.15. The number of thioether (sulfide) groups is 1. The molecule has 0 saturated heterocycles. The zero-order chi connectivity index (χ0) is 22.0. The van der Waals surface area contributed by atoms with Gasteiger partial charge in [-0.1, -0.05) is 11.8 Å². The average Bonchev–Trinajstić information content (AvgIpc) is 3.34. The molecular formula is C20H18F3N5O2S. The first-order valence-corrected chi connectivity index (χ1v) is 10.3. The molecule has 0 fully saturated rings. The van der Waals surface area contributed by atoms with Crippen molar-refractivity contribution in [1.82, 2.24) is 14.8 Å². The molecule has 3 aromatic rings. The van der Waals surface area contributed by atoms with E-state index in [0.717, 1.165) is 30.1 Å². The summed E-state index contributed by atoms with van der Waals surface area (Å²) in [7, 11) is 1.61. The van der Waals surface area contributed by atoms with E-state index < -0.39 is 11.7 Å². The lowest BCUT2D eigenvalue weighted by Gasteiger charge is -2.15. The molecule has 0 aliphatic carbocycles. The van der Waals surface area contributed by atoms with Crippen molar-refractivity contribution in [3.8, 4) is 5.75 Å². The first-order valence-electron chi connectivity index (χ1n) is 9.30. The van der Waals surface area contributed by atoms with Gasteiger partial charge in [-0.15, -0.1) is 10.2 Å². The van der Waals surface area contributed by atoms with Crippen LogP contribution >= 0.6 is 11.8 Å². The van der Waals surface area contributed by atoms with Crippen molar-refractivity contribution in [3.63, 3.8) is 0 Å². The van der Waals surface area contributed by atoms with Gasteiger partial charge in [0.2, 0.25) is 11.9 Å². The largest absolute Gasteiger partial charge is 0.497 e. The Balaban J connectivity index is 1.36. The first-order chi connectivity index (χ1) is 14.8. The van der Waals surface area contributed by atoms with Crippen LogP contribution in [-0.2, 0) is 17.5 Å². The molecule has 1 aliphatic heterocycles. The van der Waals surface area contributed by atoms with Crippen molar-refractivity contribution >= 4 is 35.0 Å². The highest BCUT2D eigenvalue weighted by molar-refractivity contribution is 7.99. The van der Waals surface area contributed by atoms with Gasteiger partial charge in [-0.25, -0.2) is 0 Å². The van der Waals surface area contributed by atoms with E-state index in [2.05, 4.69) is 15.5 Å². The third-order valence-corrected chi connectivity index (χ3v) is 5.67. The SMILES string of the molecule is COc1ccc(N2CCn3c(SCC(=O)Nc4ccc(C(F)(F)F)cc4)nnc32)cc1. The number of benzene rings is 2. The summed E-state index contributed by atoms with van der Waals surface area (Å²) in [5.74, 6) is 1.17. The quantitative estimate of drug-likeness (QED) is 0.569. The Morgan fingerprint density at radius 3 is 2.45 bits per heavy atom. The van der Waals surface area contributed by atoms with Crippen molar-refractivity contribution in [2.75, 3.05) is 29.6 Å². The summed E-state index contributed by atoms with van der Waals surface area (Å²) in [6.07, 6.45) is -4.41. The van der Waals surface area contributed by atoms with Gasteiger partial charge in [0.15, 0.2) is 5.16 Å². The highest BCUT2D eigenvalue weighted by Gasteiger charge is 2.30. The van der Waals surface area contributed by atoms with E-state index in [1.165, 1.54) is 23.9 Å². The fourth-order valence-electron chi connectivity index (χ4n) is 3.16. The molecule has 1 aromatic heterocycles. The van der Waals surface area contributed by atoms with Crippen LogP contribution in [0, 0.1) is 0 Å². The lowest BCUT2D eigenvalue weighted by atomic mass is 10.2.